The number of ketones is 1. The Kier molecular flexibility index (Phi) is 7.91. The summed E-state index contributed by atoms with van der Waals surface area (Å²) in [6.07, 6.45) is 5.14. The fraction of sp³-hybridized carbons (Fsp3) is 0.500. The molecule has 7 rings (SSSR count). The Morgan fingerprint density at radius 1 is 1.10 bits per heavy atom. The van der Waals surface area contributed by atoms with E-state index in [0.29, 0.717) is 17.2 Å². The minimum atomic E-state index is -0.884. The molecule has 4 saturated heterocycles. The molecule has 4 aliphatic heterocycles. The molecule has 1 aliphatic carbocycles. The van der Waals surface area contributed by atoms with Crippen LogP contribution in [0, 0.1) is 29.5 Å². The number of halogens is 2. The molecule has 5 aliphatic rings. The molecule has 1 spiro atoms. The molecule has 1 amide bonds. The van der Waals surface area contributed by atoms with Gasteiger partial charge in [0.05, 0.1) is 0 Å². The first-order chi connectivity index (χ1) is 20.1. The van der Waals surface area contributed by atoms with Crippen molar-refractivity contribution >= 4 is 29.4 Å². The van der Waals surface area contributed by atoms with Crippen LogP contribution in [0.15, 0.2) is 48.5 Å². The zero-order valence-electron chi connectivity index (χ0n) is 23.8. The van der Waals surface area contributed by atoms with E-state index in [1.165, 1.54) is 24.3 Å². The molecule has 2 aromatic carbocycles. The lowest BCUT2D eigenvalue weighted by Crippen LogP contribution is -2.72. The van der Waals surface area contributed by atoms with Crippen molar-refractivity contribution in [1.29, 1.82) is 0 Å². The third kappa shape index (κ3) is 5.37. The summed E-state index contributed by atoms with van der Waals surface area (Å²) < 4.78 is 32.4. The Morgan fingerprint density at radius 3 is 2.64 bits per heavy atom. The van der Waals surface area contributed by atoms with E-state index in [4.69, 9.17) is 35.6 Å². The highest BCUT2D eigenvalue weighted by molar-refractivity contribution is 6.30. The minimum Gasteiger partial charge on any atom is -0.484 e. The maximum atomic E-state index is 14.0. The number of rotatable bonds is 7. The Bertz CT molecular complexity index is 1390. The molecule has 42 heavy (non-hydrogen) atoms. The van der Waals surface area contributed by atoms with Crippen LogP contribution < -0.4 is 10.1 Å². The van der Waals surface area contributed by atoms with Gasteiger partial charge in [-0.25, -0.2) is 14.2 Å². The maximum Gasteiger partial charge on any atom is 0.259 e. The minimum absolute atomic E-state index is 0.0328. The van der Waals surface area contributed by atoms with Crippen molar-refractivity contribution in [3.05, 3.63) is 70.5 Å². The second-order valence-electron chi connectivity index (χ2n) is 12.1. The smallest absolute Gasteiger partial charge is 0.259 e. The van der Waals surface area contributed by atoms with Crippen LogP contribution in [0.4, 0.5) is 4.39 Å². The van der Waals surface area contributed by atoms with Gasteiger partial charge in [0, 0.05) is 34.4 Å². The van der Waals surface area contributed by atoms with Gasteiger partial charge in [0.15, 0.2) is 24.3 Å². The molecule has 224 valence electrons. The fourth-order valence-electron chi connectivity index (χ4n) is 7.03. The van der Waals surface area contributed by atoms with Crippen molar-refractivity contribution in [3.63, 3.8) is 0 Å². The number of amides is 1. The zero-order valence-corrected chi connectivity index (χ0v) is 24.6. The number of carbonyl (C=O) groups is 2. The van der Waals surface area contributed by atoms with Crippen molar-refractivity contribution in [2.75, 3.05) is 6.61 Å². The van der Waals surface area contributed by atoms with Gasteiger partial charge in [-0.2, -0.15) is 0 Å². The van der Waals surface area contributed by atoms with Crippen LogP contribution in [0.25, 0.3) is 6.08 Å². The van der Waals surface area contributed by atoms with Gasteiger partial charge in [0.2, 0.25) is 5.79 Å². The summed E-state index contributed by atoms with van der Waals surface area (Å²) >= 11 is 5.77. The normalized spacial score (nSPS) is 35.4. The van der Waals surface area contributed by atoms with E-state index < -0.39 is 29.7 Å². The van der Waals surface area contributed by atoms with Crippen molar-refractivity contribution in [2.24, 2.45) is 23.7 Å². The van der Waals surface area contributed by atoms with E-state index in [2.05, 4.69) is 19.2 Å². The molecule has 0 aromatic heterocycles. The number of hydrogen-bond acceptors (Lipinski definition) is 7. The molecule has 0 unspecified atom stereocenters. The van der Waals surface area contributed by atoms with Crippen LogP contribution in [0.2, 0.25) is 5.02 Å². The van der Waals surface area contributed by atoms with Crippen LogP contribution in [-0.2, 0) is 24.0 Å². The summed E-state index contributed by atoms with van der Waals surface area (Å²) in [5.74, 6) is -0.831. The molecular formula is C32H35ClFNO7. The number of hydrogen-bond donors (Lipinski definition) is 1. The fourth-order valence-corrected chi connectivity index (χ4v) is 7.19. The molecule has 5 fully saturated rings. The number of carbonyl (C=O) groups excluding carboxylic acids is 2. The number of ether oxygens (including phenoxy) is 3. The van der Waals surface area contributed by atoms with Crippen molar-refractivity contribution in [3.8, 4) is 5.75 Å². The first-order valence-corrected chi connectivity index (χ1v) is 14.9. The predicted molar refractivity (Wildman–Crippen MR) is 152 cm³/mol. The Balaban J connectivity index is 1.06. The Labute approximate surface area is 249 Å². The molecule has 10 heteroatoms. The summed E-state index contributed by atoms with van der Waals surface area (Å²) in [5.41, 5.74) is -0.0352. The van der Waals surface area contributed by atoms with Crippen molar-refractivity contribution in [1.82, 2.24) is 5.32 Å². The van der Waals surface area contributed by atoms with Crippen LogP contribution in [0.3, 0.4) is 0 Å². The van der Waals surface area contributed by atoms with Gasteiger partial charge in [-0.05, 0) is 86.6 Å². The molecule has 1 saturated carbocycles. The van der Waals surface area contributed by atoms with E-state index in [1.807, 2.05) is 6.92 Å². The van der Waals surface area contributed by atoms with Gasteiger partial charge >= 0.3 is 0 Å². The molecule has 2 aromatic rings. The molecule has 2 bridgehead atoms. The topological polar surface area (TPSA) is 92.3 Å². The molecule has 0 radical (unpaired) electrons. The lowest BCUT2D eigenvalue weighted by Gasteiger charge is -2.60. The second-order valence-corrected chi connectivity index (χ2v) is 12.5. The number of fused-ring (bicyclic) bond motifs is 2. The van der Waals surface area contributed by atoms with Crippen LogP contribution in [-0.4, -0.2) is 42.2 Å². The number of nitrogens with one attached hydrogen (secondary N) is 1. The first-order valence-electron chi connectivity index (χ1n) is 14.5. The van der Waals surface area contributed by atoms with E-state index >= 15 is 0 Å². The van der Waals surface area contributed by atoms with Crippen LogP contribution in [0.1, 0.15) is 62.4 Å². The van der Waals surface area contributed by atoms with Gasteiger partial charge in [0.25, 0.3) is 5.91 Å². The van der Waals surface area contributed by atoms with Crippen molar-refractivity contribution < 1.29 is 38.0 Å². The highest BCUT2D eigenvalue weighted by Crippen LogP contribution is 2.60. The maximum absolute atomic E-state index is 14.0. The van der Waals surface area contributed by atoms with E-state index in [0.717, 1.165) is 25.7 Å². The second kappa shape index (κ2) is 11.4. The monoisotopic (exact) mass is 599 g/mol. The van der Waals surface area contributed by atoms with E-state index in [9.17, 15) is 14.0 Å². The van der Waals surface area contributed by atoms with Gasteiger partial charge in [0.1, 0.15) is 17.8 Å². The molecule has 8 atom stereocenters. The average molecular weight is 600 g/mol. The summed E-state index contributed by atoms with van der Waals surface area (Å²) in [5, 5.41) is 3.26. The summed E-state index contributed by atoms with van der Waals surface area (Å²) in [7, 11) is 0. The third-order valence-corrected chi connectivity index (χ3v) is 9.58. The standard InChI is InChI=1S/C32H35ClFNO7/c1-18-4-12-25-19(2)29(39-30-32(25)24(18)14-15-31(3,40-30)41-42-32)35-28(37)17-38-23-10-6-21(7-11-23)27(36)13-8-20-5-9-22(33)16-26(20)34/h5-11,13,16,18-19,24-25,29-30H,4,12,14-15,17H2,1-3H3,(H,35,37)/b13-8+/t18-,19-,24+,25+,29+,30-,31-,32-/m1/s1. The SMILES string of the molecule is C[C@H]1[C@@H](NC(=O)COc2ccc(C(=O)/C=C/c3ccc(Cl)cc3F)cc2)O[C@@H]2O[C@@]3(C)CC[C@H]4[C@H](C)CC[C@@H]1[C@@]24OO3. The molecule has 4 heterocycles. The Morgan fingerprint density at radius 2 is 1.88 bits per heavy atom. The van der Waals surface area contributed by atoms with E-state index in [-0.39, 0.29) is 46.6 Å². The van der Waals surface area contributed by atoms with Crippen LogP contribution in [0.5, 0.6) is 5.75 Å². The van der Waals surface area contributed by atoms with Gasteiger partial charge in [-0.1, -0.05) is 31.5 Å². The highest BCUT2D eigenvalue weighted by atomic mass is 35.5. The van der Waals surface area contributed by atoms with Gasteiger partial charge < -0.3 is 19.5 Å². The Hall–Kier alpha value is -2.82. The molecular weight excluding hydrogens is 565 g/mol. The van der Waals surface area contributed by atoms with Gasteiger partial charge in [-0.15, -0.1) is 0 Å². The lowest BCUT2D eigenvalue weighted by atomic mass is 9.58. The summed E-state index contributed by atoms with van der Waals surface area (Å²) in [6, 6.07) is 10.6. The average Bonchev–Trinajstić information content (AvgIpc) is 3.20. The van der Waals surface area contributed by atoms with E-state index in [1.54, 1.807) is 30.3 Å². The number of allylic oxidation sites excluding steroid dienone is 1. The van der Waals surface area contributed by atoms with Crippen LogP contribution >= 0.6 is 11.6 Å². The lowest BCUT2D eigenvalue weighted by molar-refractivity contribution is -0.571. The first kappa shape index (κ1) is 29.3. The summed E-state index contributed by atoms with van der Waals surface area (Å²) in [4.78, 5) is 37.5. The highest BCUT2D eigenvalue weighted by Gasteiger charge is 2.69. The number of benzene rings is 2. The van der Waals surface area contributed by atoms with Crippen molar-refractivity contribution in [2.45, 2.75) is 70.4 Å². The molecule has 1 N–H and O–H groups in total. The molecule has 8 nitrogen and oxygen atoms in total. The predicted octanol–water partition coefficient (Wildman–Crippen LogP) is 6.08. The zero-order chi connectivity index (χ0) is 29.6. The quantitative estimate of drug-likeness (QED) is 0.234. The third-order valence-electron chi connectivity index (χ3n) is 9.35. The van der Waals surface area contributed by atoms with Gasteiger partial charge in [-0.3, -0.25) is 9.59 Å². The largest absolute Gasteiger partial charge is 0.484 e. The summed E-state index contributed by atoms with van der Waals surface area (Å²) in [6.45, 7) is 5.97.